The van der Waals surface area contributed by atoms with Crippen molar-refractivity contribution in [2.75, 3.05) is 0 Å². The van der Waals surface area contributed by atoms with E-state index < -0.39 is 10.9 Å². The number of carbonyl (C=O) groups is 1. The van der Waals surface area contributed by atoms with Gasteiger partial charge in [0.15, 0.2) is 0 Å². The van der Waals surface area contributed by atoms with Crippen molar-refractivity contribution in [3.63, 3.8) is 0 Å². The lowest BCUT2D eigenvalue weighted by Crippen LogP contribution is -2.11. The zero-order valence-corrected chi connectivity index (χ0v) is 11.1. The molecule has 5 heteroatoms. The molecule has 0 aliphatic carbocycles. The molecule has 0 N–H and O–H groups in total. The van der Waals surface area contributed by atoms with Gasteiger partial charge in [0.25, 0.3) is 5.69 Å². The Morgan fingerprint density at radius 1 is 1.10 bits per heavy atom. The van der Waals surface area contributed by atoms with Crippen molar-refractivity contribution >= 4 is 11.7 Å². The molecule has 5 nitrogen and oxygen atoms in total. The highest BCUT2D eigenvalue weighted by Crippen LogP contribution is 2.24. The van der Waals surface area contributed by atoms with Crippen LogP contribution in [0.3, 0.4) is 0 Å². The molecule has 0 unspecified atom stereocenters. The maximum Gasteiger partial charge on any atom is 0.350 e. The summed E-state index contributed by atoms with van der Waals surface area (Å²) in [6.45, 7) is 3.50. The van der Waals surface area contributed by atoms with Crippen molar-refractivity contribution in [3.05, 3.63) is 69.3 Å². The van der Waals surface area contributed by atoms with E-state index in [9.17, 15) is 14.9 Å². The lowest BCUT2D eigenvalue weighted by molar-refractivity contribution is -0.385. The highest BCUT2D eigenvalue weighted by Gasteiger charge is 2.23. The Morgan fingerprint density at radius 3 is 2.35 bits per heavy atom. The van der Waals surface area contributed by atoms with E-state index in [1.165, 1.54) is 6.07 Å². The molecule has 0 saturated carbocycles. The van der Waals surface area contributed by atoms with Gasteiger partial charge in [-0.2, -0.15) is 0 Å². The molecule has 0 radical (unpaired) electrons. The highest BCUT2D eigenvalue weighted by molar-refractivity contribution is 5.95. The minimum atomic E-state index is -0.732. The predicted octanol–water partition coefficient (Wildman–Crippen LogP) is 3.43. The van der Waals surface area contributed by atoms with E-state index in [0.717, 1.165) is 5.56 Å². The number of nitro groups is 1. The first-order valence-electron chi connectivity index (χ1n) is 6.02. The summed E-state index contributed by atoms with van der Waals surface area (Å²) in [6, 6.07) is 11.5. The number of aryl methyl sites for hydroxylation is 2. The maximum absolute atomic E-state index is 12.0. The number of para-hydroxylation sites is 1. The molecule has 0 heterocycles. The van der Waals surface area contributed by atoms with Crippen LogP contribution in [0.1, 0.15) is 21.5 Å². The van der Waals surface area contributed by atoms with Gasteiger partial charge in [-0.25, -0.2) is 4.79 Å². The normalized spacial score (nSPS) is 10.1. The molecule has 2 aromatic carbocycles. The van der Waals surface area contributed by atoms with E-state index in [1.807, 2.05) is 6.92 Å². The summed E-state index contributed by atoms with van der Waals surface area (Å²) in [5.74, 6) is -0.374. The fourth-order valence-electron chi connectivity index (χ4n) is 1.83. The Kier molecular flexibility index (Phi) is 3.79. The molecule has 2 rings (SSSR count). The summed E-state index contributed by atoms with van der Waals surface area (Å²) in [5, 5.41) is 11.0. The number of carbonyl (C=O) groups excluding carboxylic acids is 1. The lowest BCUT2D eigenvalue weighted by atomic mass is 10.1. The fourth-order valence-corrected chi connectivity index (χ4v) is 1.83. The number of nitro benzene ring substituents is 1. The Balaban J connectivity index is 2.32. The van der Waals surface area contributed by atoms with Gasteiger partial charge in [0.05, 0.1) is 4.92 Å². The van der Waals surface area contributed by atoms with Crippen molar-refractivity contribution in [1.82, 2.24) is 0 Å². The zero-order chi connectivity index (χ0) is 14.7. The third-order valence-corrected chi connectivity index (χ3v) is 2.87. The minimum Gasteiger partial charge on any atom is -0.423 e. The van der Waals surface area contributed by atoms with Crippen LogP contribution in [0.25, 0.3) is 0 Å². The molecule has 0 aromatic heterocycles. The van der Waals surface area contributed by atoms with Crippen LogP contribution in [0.5, 0.6) is 5.75 Å². The van der Waals surface area contributed by atoms with Crippen LogP contribution in [0.15, 0.2) is 42.5 Å². The molecule has 0 aliphatic rings. The van der Waals surface area contributed by atoms with Crippen LogP contribution in [0.4, 0.5) is 5.69 Å². The summed E-state index contributed by atoms with van der Waals surface area (Å²) in [6.07, 6.45) is 0. The summed E-state index contributed by atoms with van der Waals surface area (Å²) in [5.41, 5.74) is 1.19. The van der Waals surface area contributed by atoms with Crippen LogP contribution in [-0.2, 0) is 0 Å². The quantitative estimate of drug-likeness (QED) is 0.371. The minimum absolute atomic E-state index is 0.0458. The van der Waals surface area contributed by atoms with Gasteiger partial charge in [-0.3, -0.25) is 10.1 Å². The molecule has 0 bridgehead atoms. The van der Waals surface area contributed by atoms with Gasteiger partial charge in [0.2, 0.25) is 0 Å². The highest BCUT2D eigenvalue weighted by atomic mass is 16.6. The van der Waals surface area contributed by atoms with Crippen molar-refractivity contribution in [3.8, 4) is 5.75 Å². The van der Waals surface area contributed by atoms with Gasteiger partial charge in [-0.1, -0.05) is 29.8 Å². The Labute approximate surface area is 116 Å². The molecule has 20 heavy (non-hydrogen) atoms. The van der Waals surface area contributed by atoms with E-state index >= 15 is 0 Å². The van der Waals surface area contributed by atoms with E-state index in [0.29, 0.717) is 11.3 Å². The van der Waals surface area contributed by atoms with Crippen molar-refractivity contribution < 1.29 is 14.5 Å². The molecule has 0 saturated heterocycles. The zero-order valence-electron chi connectivity index (χ0n) is 11.1. The van der Waals surface area contributed by atoms with Gasteiger partial charge < -0.3 is 4.74 Å². The number of benzene rings is 2. The van der Waals surface area contributed by atoms with E-state index in [1.54, 1.807) is 43.3 Å². The molecule has 0 atom stereocenters. The number of esters is 1. The first-order valence-corrected chi connectivity index (χ1v) is 6.02. The summed E-state index contributed by atoms with van der Waals surface area (Å²) < 4.78 is 5.16. The lowest BCUT2D eigenvalue weighted by Gasteiger charge is -2.06. The van der Waals surface area contributed by atoms with Gasteiger partial charge >= 0.3 is 5.97 Å². The first kappa shape index (κ1) is 13.7. The van der Waals surface area contributed by atoms with E-state index in [-0.39, 0.29) is 11.3 Å². The van der Waals surface area contributed by atoms with Gasteiger partial charge in [-0.05, 0) is 32.0 Å². The fraction of sp³-hybridized carbons (Fsp3) is 0.133. The van der Waals surface area contributed by atoms with Gasteiger partial charge in [-0.15, -0.1) is 0 Å². The molecular formula is C15H13NO4. The molecule has 102 valence electrons. The average Bonchev–Trinajstić information content (AvgIpc) is 2.40. The van der Waals surface area contributed by atoms with E-state index in [2.05, 4.69) is 0 Å². The second-order valence-electron chi connectivity index (χ2n) is 4.43. The van der Waals surface area contributed by atoms with Crippen molar-refractivity contribution in [2.24, 2.45) is 0 Å². The van der Waals surface area contributed by atoms with Crippen LogP contribution in [-0.4, -0.2) is 10.9 Å². The number of nitrogens with zero attached hydrogens (tertiary/aromatic N) is 1. The smallest absolute Gasteiger partial charge is 0.350 e. The second kappa shape index (κ2) is 5.52. The summed E-state index contributed by atoms with van der Waals surface area (Å²) >= 11 is 0. The number of ether oxygens (including phenoxy) is 1. The molecule has 0 fully saturated rings. The Hall–Kier alpha value is -2.69. The molecule has 0 spiro atoms. The van der Waals surface area contributed by atoms with Crippen LogP contribution in [0, 0.1) is 24.0 Å². The summed E-state index contributed by atoms with van der Waals surface area (Å²) in [4.78, 5) is 22.5. The predicted molar refractivity (Wildman–Crippen MR) is 74.0 cm³/mol. The molecule has 2 aromatic rings. The SMILES string of the molecule is Cc1ccc(OC(=O)c2cccc(C)c2[N+](=O)[O-])cc1. The van der Waals surface area contributed by atoms with Crippen LogP contribution >= 0.6 is 0 Å². The number of hydrogen-bond donors (Lipinski definition) is 0. The average molecular weight is 271 g/mol. The van der Waals surface area contributed by atoms with Crippen LogP contribution < -0.4 is 4.74 Å². The van der Waals surface area contributed by atoms with Crippen molar-refractivity contribution in [1.29, 1.82) is 0 Å². The number of hydrogen-bond acceptors (Lipinski definition) is 4. The third kappa shape index (κ3) is 2.83. The monoisotopic (exact) mass is 271 g/mol. The largest absolute Gasteiger partial charge is 0.423 e. The number of rotatable bonds is 3. The molecular weight excluding hydrogens is 258 g/mol. The van der Waals surface area contributed by atoms with Gasteiger partial charge in [0.1, 0.15) is 11.3 Å². The van der Waals surface area contributed by atoms with Crippen LogP contribution in [0.2, 0.25) is 0 Å². The first-order chi connectivity index (χ1) is 9.49. The molecule has 0 aliphatic heterocycles. The van der Waals surface area contributed by atoms with Gasteiger partial charge in [0, 0.05) is 5.56 Å². The Morgan fingerprint density at radius 2 is 1.75 bits per heavy atom. The Bertz CT molecular complexity index is 662. The second-order valence-corrected chi connectivity index (χ2v) is 4.43. The van der Waals surface area contributed by atoms with E-state index in [4.69, 9.17) is 4.74 Å². The summed E-state index contributed by atoms with van der Waals surface area (Å²) in [7, 11) is 0. The maximum atomic E-state index is 12.0. The standard InChI is InChI=1S/C15H13NO4/c1-10-6-8-12(9-7-10)20-15(17)13-5-3-4-11(2)14(13)16(18)19/h3-9H,1-2H3. The topological polar surface area (TPSA) is 69.4 Å². The molecule has 0 amide bonds. The third-order valence-electron chi connectivity index (χ3n) is 2.87. The van der Waals surface area contributed by atoms with Crippen molar-refractivity contribution in [2.45, 2.75) is 13.8 Å².